The number of rotatable bonds is 2. The number of ketones is 1. The molecule has 3 saturated carbocycles. The summed E-state index contributed by atoms with van der Waals surface area (Å²) < 4.78 is 0. The molecule has 0 spiro atoms. The van der Waals surface area contributed by atoms with Gasteiger partial charge in [-0.05, 0) is 85.0 Å². The summed E-state index contributed by atoms with van der Waals surface area (Å²) >= 11 is 0. The Morgan fingerprint density at radius 2 is 1.96 bits per heavy atom. The molecule has 8 atom stereocenters. The van der Waals surface area contributed by atoms with Crippen LogP contribution < -0.4 is 0 Å². The number of fused-ring (bicyclic) bond motifs is 5. The summed E-state index contributed by atoms with van der Waals surface area (Å²) in [6.07, 6.45) is 8.63. The summed E-state index contributed by atoms with van der Waals surface area (Å²) in [5, 5.41) is 20.8. The van der Waals surface area contributed by atoms with Gasteiger partial charge in [-0.25, -0.2) is 0 Å². The minimum atomic E-state index is -0.303. The zero-order valence-electron chi connectivity index (χ0n) is 16.0. The van der Waals surface area contributed by atoms with Crippen LogP contribution in [-0.4, -0.2) is 28.7 Å². The highest BCUT2D eigenvalue weighted by Gasteiger charge is 2.61. The van der Waals surface area contributed by atoms with Gasteiger partial charge in [-0.3, -0.25) is 4.79 Å². The third kappa shape index (κ3) is 2.41. The van der Waals surface area contributed by atoms with E-state index in [0.717, 1.165) is 12.8 Å². The van der Waals surface area contributed by atoms with E-state index in [-0.39, 0.29) is 29.3 Å². The Kier molecular flexibility index (Phi) is 4.20. The molecule has 3 fully saturated rings. The summed E-state index contributed by atoms with van der Waals surface area (Å²) in [5.41, 5.74) is 1.59. The van der Waals surface area contributed by atoms with Gasteiger partial charge in [0.2, 0.25) is 0 Å². The molecule has 0 saturated heterocycles. The molecule has 4 rings (SSSR count). The molecule has 0 amide bonds. The molecule has 0 aromatic heterocycles. The van der Waals surface area contributed by atoms with Gasteiger partial charge >= 0.3 is 0 Å². The summed E-state index contributed by atoms with van der Waals surface area (Å²) in [5.74, 6) is 2.62. The molecule has 0 bridgehead atoms. The van der Waals surface area contributed by atoms with Crippen LogP contribution in [0.3, 0.4) is 0 Å². The van der Waals surface area contributed by atoms with E-state index in [0.29, 0.717) is 42.4 Å². The first-order chi connectivity index (χ1) is 11.8. The molecule has 140 valence electrons. The van der Waals surface area contributed by atoms with E-state index in [9.17, 15) is 15.0 Å². The van der Waals surface area contributed by atoms with Gasteiger partial charge in [0, 0.05) is 13.0 Å². The first-order valence-corrected chi connectivity index (χ1v) is 10.3. The lowest BCUT2D eigenvalue weighted by atomic mass is 9.46. The fourth-order valence-corrected chi connectivity index (χ4v) is 7.63. The van der Waals surface area contributed by atoms with Crippen LogP contribution in [-0.2, 0) is 4.79 Å². The molecule has 0 aromatic rings. The maximum absolute atomic E-state index is 11.9. The molecule has 0 radical (unpaired) electrons. The predicted octanol–water partition coefficient (Wildman–Crippen LogP) is 3.73. The predicted molar refractivity (Wildman–Crippen MR) is 97.8 cm³/mol. The van der Waals surface area contributed by atoms with Crippen LogP contribution in [0.5, 0.6) is 0 Å². The normalized spacial score (nSPS) is 50.5. The highest BCUT2D eigenvalue weighted by Crippen LogP contribution is 2.67. The van der Waals surface area contributed by atoms with Crippen molar-refractivity contribution in [3.8, 4) is 0 Å². The average Bonchev–Trinajstić information content (AvgIpc) is 2.93. The van der Waals surface area contributed by atoms with E-state index in [1.165, 1.54) is 24.8 Å². The molecule has 2 N–H and O–H groups in total. The van der Waals surface area contributed by atoms with E-state index < -0.39 is 0 Å². The maximum Gasteiger partial charge on any atom is 0.155 e. The average molecular weight is 347 g/mol. The Bertz CT molecular complexity index is 596. The third-order valence-corrected chi connectivity index (χ3v) is 9.03. The fraction of sp³-hybridized carbons (Fsp3) is 0.864. The van der Waals surface area contributed by atoms with E-state index in [2.05, 4.69) is 20.8 Å². The molecule has 4 aliphatic rings. The van der Waals surface area contributed by atoms with Crippen molar-refractivity contribution in [3.05, 3.63) is 11.6 Å². The van der Waals surface area contributed by atoms with Crippen molar-refractivity contribution >= 4 is 5.78 Å². The van der Waals surface area contributed by atoms with Crippen molar-refractivity contribution in [2.24, 2.45) is 40.4 Å². The lowest BCUT2D eigenvalue weighted by Gasteiger charge is -2.59. The zero-order chi connectivity index (χ0) is 18.0. The molecule has 3 nitrogen and oxygen atoms in total. The highest BCUT2D eigenvalue weighted by molar-refractivity contribution is 5.91. The number of carbonyl (C=O) groups excluding carboxylic acids is 1. The largest absolute Gasteiger partial charge is 0.396 e. The van der Waals surface area contributed by atoms with Gasteiger partial charge < -0.3 is 10.2 Å². The second-order valence-corrected chi connectivity index (χ2v) is 10.0. The molecule has 0 aliphatic heterocycles. The lowest BCUT2D eigenvalue weighted by Crippen LogP contribution is -2.55. The first-order valence-electron chi connectivity index (χ1n) is 10.3. The molecular formula is C22H34O3. The van der Waals surface area contributed by atoms with Gasteiger partial charge in [0.15, 0.2) is 5.78 Å². The van der Waals surface area contributed by atoms with Gasteiger partial charge in [-0.15, -0.1) is 0 Å². The second kappa shape index (κ2) is 5.92. The Balaban J connectivity index is 1.68. The van der Waals surface area contributed by atoms with E-state index in [4.69, 9.17) is 0 Å². The van der Waals surface area contributed by atoms with Crippen LogP contribution in [0.1, 0.15) is 65.7 Å². The molecule has 0 heterocycles. The van der Waals surface area contributed by atoms with Crippen molar-refractivity contribution in [1.29, 1.82) is 0 Å². The smallest absolute Gasteiger partial charge is 0.155 e. The first kappa shape index (κ1) is 17.7. The van der Waals surface area contributed by atoms with Crippen LogP contribution in [0.4, 0.5) is 0 Å². The van der Waals surface area contributed by atoms with Gasteiger partial charge in [0.1, 0.15) is 0 Å². The summed E-state index contributed by atoms with van der Waals surface area (Å²) in [4.78, 5) is 11.9. The summed E-state index contributed by atoms with van der Waals surface area (Å²) in [6, 6.07) is 0. The molecule has 4 aliphatic carbocycles. The molecule has 0 aromatic carbocycles. The molecule has 8 unspecified atom stereocenters. The van der Waals surface area contributed by atoms with Gasteiger partial charge in [0.05, 0.1) is 6.10 Å². The third-order valence-electron chi connectivity index (χ3n) is 9.03. The minimum absolute atomic E-state index is 0.111. The minimum Gasteiger partial charge on any atom is -0.396 e. The van der Waals surface area contributed by atoms with E-state index in [1.54, 1.807) is 0 Å². The van der Waals surface area contributed by atoms with Crippen molar-refractivity contribution in [3.63, 3.8) is 0 Å². The standard InChI is InChI=1S/C22H34O3/c1-13(12-23)16-4-5-17-20-18(7-9-22(16,17)3)21(2)8-6-15(24)10-14(21)11-19(20)25/h10,13,16-20,23,25H,4-9,11-12H2,1-3H3. The van der Waals surface area contributed by atoms with Crippen molar-refractivity contribution < 1.29 is 15.0 Å². The van der Waals surface area contributed by atoms with Crippen LogP contribution in [0, 0.1) is 40.4 Å². The van der Waals surface area contributed by atoms with Gasteiger partial charge in [-0.1, -0.05) is 26.3 Å². The summed E-state index contributed by atoms with van der Waals surface area (Å²) in [7, 11) is 0. The Morgan fingerprint density at radius 1 is 1.20 bits per heavy atom. The Morgan fingerprint density at radius 3 is 2.68 bits per heavy atom. The number of hydrogen-bond donors (Lipinski definition) is 2. The van der Waals surface area contributed by atoms with Crippen LogP contribution in [0.2, 0.25) is 0 Å². The number of aliphatic hydroxyl groups is 2. The van der Waals surface area contributed by atoms with Crippen LogP contribution in [0.15, 0.2) is 11.6 Å². The van der Waals surface area contributed by atoms with E-state index >= 15 is 0 Å². The molecule has 3 heteroatoms. The monoisotopic (exact) mass is 346 g/mol. The van der Waals surface area contributed by atoms with Gasteiger partial charge in [-0.2, -0.15) is 0 Å². The number of hydrogen-bond acceptors (Lipinski definition) is 3. The number of carbonyl (C=O) groups is 1. The van der Waals surface area contributed by atoms with Crippen molar-refractivity contribution in [1.82, 2.24) is 0 Å². The maximum atomic E-state index is 11.9. The topological polar surface area (TPSA) is 57.5 Å². The van der Waals surface area contributed by atoms with Crippen molar-refractivity contribution in [2.45, 2.75) is 71.8 Å². The van der Waals surface area contributed by atoms with Crippen LogP contribution in [0.25, 0.3) is 0 Å². The van der Waals surface area contributed by atoms with E-state index in [1.807, 2.05) is 6.08 Å². The fourth-order valence-electron chi connectivity index (χ4n) is 7.63. The van der Waals surface area contributed by atoms with Crippen molar-refractivity contribution in [2.75, 3.05) is 6.61 Å². The Labute approximate surface area is 151 Å². The highest BCUT2D eigenvalue weighted by atomic mass is 16.3. The summed E-state index contributed by atoms with van der Waals surface area (Å²) in [6.45, 7) is 7.26. The number of aliphatic hydroxyl groups excluding tert-OH is 2. The Hall–Kier alpha value is -0.670. The van der Waals surface area contributed by atoms with Crippen LogP contribution >= 0.6 is 0 Å². The van der Waals surface area contributed by atoms with Gasteiger partial charge in [0.25, 0.3) is 0 Å². The SMILES string of the molecule is CC(CO)C1CCC2C3C(O)CC4=CC(=O)CCC4(C)C3CCC12C. The lowest BCUT2D eigenvalue weighted by molar-refractivity contribution is -0.125. The molecule has 25 heavy (non-hydrogen) atoms. The zero-order valence-corrected chi connectivity index (χ0v) is 16.0. The second-order valence-electron chi connectivity index (χ2n) is 10.0. The quantitative estimate of drug-likeness (QED) is 0.801. The molecular weight excluding hydrogens is 312 g/mol.